The Bertz CT molecular complexity index is 517. The van der Waals surface area contributed by atoms with Gasteiger partial charge in [0.2, 0.25) is 5.24 Å². The largest absolute Gasteiger partial charge is 0.490 e. The Morgan fingerprint density at radius 2 is 2.00 bits per heavy atom. The molecule has 3 nitrogen and oxygen atoms in total. The Labute approximate surface area is 122 Å². The van der Waals surface area contributed by atoms with Crippen LogP contribution in [0.2, 0.25) is 5.02 Å². The molecule has 5 heteroatoms. The molecule has 1 fully saturated rings. The molecular formula is C14H13Cl2NO2. The number of rotatable bonds is 3. The molecule has 0 bridgehead atoms. The van der Waals surface area contributed by atoms with Crippen LogP contribution in [-0.2, 0) is 4.79 Å². The van der Waals surface area contributed by atoms with Crippen molar-refractivity contribution in [3.63, 3.8) is 0 Å². The maximum Gasteiger partial charge on any atom is 0.224 e. The number of nitrogens with zero attached hydrogens (tertiary/aromatic N) is 1. The molecule has 0 amide bonds. The van der Waals surface area contributed by atoms with E-state index in [-0.39, 0.29) is 17.3 Å². The summed E-state index contributed by atoms with van der Waals surface area (Å²) in [6.45, 7) is 0. The summed E-state index contributed by atoms with van der Waals surface area (Å²) in [5.41, 5.74) is 0.436. The fraction of sp³-hybridized carbons (Fsp3) is 0.429. The lowest BCUT2D eigenvalue weighted by Gasteiger charge is -2.27. The first-order valence-electron chi connectivity index (χ1n) is 6.16. The molecule has 0 radical (unpaired) electrons. The molecule has 1 aliphatic carbocycles. The number of halogens is 2. The molecule has 100 valence electrons. The van der Waals surface area contributed by atoms with Crippen molar-refractivity contribution in [1.29, 1.82) is 5.26 Å². The lowest BCUT2D eigenvalue weighted by atomic mass is 9.88. The third-order valence-corrected chi connectivity index (χ3v) is 3.98. The highest BCUT2D eigenvalue weighted by molar-refractivity contribution is 6.63. The zero-order valence-electron chi connectivity index (χ0n) is 10.2. The van der Waals surface area contributed by atoms with E-state index in [2.05, 4.69) is 0 Å². The summed E-state index contributed by atoms with van der Waals surface area (Å²) >= 11 is 11.4. The first kappa shape index (κ1) is 14.2. The van der Waals surface area contributed by atoms with Gasteiger partial charge in [-0.25, -0.2) is 0 Å². The van der Waals surface area contributed by atoms with Crippen molar-refractivity contribution in [2.75, 3.05) is 0 Å². The van der Waals surface area contributed by atoms with E-state index in [4.69, 9.17) is 33.2 Å². The van der Waals surface area contributed by atoms with E-state index in [0.29, 0.717) is 16.3 Å². The van der Waals surface area contributed by atoms with Gasteiger partial charge in [-0.15, -0.1) is 0 Å². The Morgan fingerprint density at radius 3 is 2.53 bits per heavy atom. The molecular weight excluding hydrogens is 285 g/mol. The molecule has 0 heterocycles. The zero-order chi connectivity index (χ0) is 13.8. The van der Waals surface area contributed by atoms with Gasteiger partial charge in [0.05, 0.1) is 16.7 Å². The van der Waals surface area contributed by atoms with Crippen LogP contribution < -0.4 is 4.74 Å². The minimum atomic E-state index is -0.250. The fourth-order valence-corrected chi connectivity index (χ4v) is 2.69. The lowest BCUT2D eigenvalue weighted by molar-refractivity contribution is -0.116. The molecule has 1 aromatic carbocycles. The molecule has 0 aliphatic heterocycles. The quantitative estimate of drug-likeness (QED) is 0.795. The second kappa shape index (κ2) is 6.27. The monoisotopic (exact) mass is 297 g/mol. The Balaban J connectivity index is 1.94. The normalized spacial score (nSPS) is 22.6. The third kappa shape index (κ3) is 3.62. The average molecular weight is 298 g/mol. The van der Waals surface area contributed by atoms with Crippen LogP contribution in [0.5, 0.6) is 5.75 Å². The van der Waals surface area contributed by atoms with Crippen molar-refractivity contribution in [3.05, 3.63) is 28.8 Å². The van der Waals surface area contributed by atoms with E-state index < -0.39 is 0 Å². The number of hydrogen-bond donors (Lipinski definition) is 0. The predicted molar refractivity (Wildman–Crippen MR) is 73.4 cm³/mol. The lowest BCUT2D eigenvalue weighted by Crippen LogP contribution is -2.26. The Morgan fingerprint density at radius 1 is 1.32 bits per heavy atom. The molecule has 2 rings (SSSR count). The van der Waals surface area contributed by atoms with E-state index in [1.165, 1.54) is 0 Å². The van der Waals surface area contributed by atoms with Gasteiger partial charge in [0.25, 0.3) is 0 Å². The van der Waals surface area contributed by atoms with Crippen molar-refractivity contribution >= 4 is 28.4 Å². The summed E-state index contributed by atoms with van der Waals surface area (Å²) in [6.07, 6.45) is 3.21. The summed E-state index contributed by atoms with van der Waals surface area (Å²) < 4.78 is 5.82. The van der Waals surface area contributed by atoms with Crippen LogP contribution in [0, 0.1) is 17.2 Å². The molecule has 1 aliphatic rings. The van der Waals surface area contributed by atoms with Crippen LogP contribution in [0.15, 0.2) is 18.2 Å². The van der Waals surface area contributed by atoms with Crippen LogP contribution in [0.1, 0.15) is 31.2 Å². The fourth-order valence-electron chi connectivity index (χ4n) is 2.26. The van der Waals surface area contributed by atoms with Crippen LogP contribution in [0.25, 0.3) is 0 Å². The maximum atomic E-state index is 11.1. The SMILES string of the molecule is N#Cc1ccc(OC2CCC(C(=O)Cl)CC2)cc1Cl. The standard InChI is InChI=1S/C14H13Cl2NO2/c15-13-7-12(6-3-10(13)8-17)19-11-4-1-9(2-5-11)14(16)18/h3,6-7,9,11H,1-2,4-5H2. The number of ether oxygens (including phenoxy) is 1. The van der Waals surface area contributed by atoms with Crippen molar-refractivity contribution < 1.29 is 9.53 Å². The summed E-state index contributed by atoms with van der Waals surface area (Å²) in [7, 11) is 0. The molecule has 1 aromatic rings. The van der Waals surface area contributed by atoms with E-state index in [0.717, 1.165) is 25.7 Å². The molecule has 0 spiro atoms. The number of nitriles is 1. The highest BCUT2D eigenvalue weighted by Crippen LogP contribution is 2.30. The van der Waals surface area contributed by atoms with Gasteiger partial charge in [-0.3, -0.25) is 4.79 Å². The van der Waals surface area contributed by atoms with Gasteiger partial charge >= 0.3 is 0 Å². The molecule has 19 heavy (non-hydrogen) atoms. The molecule has 0 unspecified atom stereocenters. The first-order valence-corrected chi connectivity index (χ1v) is 6.91. The molecule has 0 saturated heterocycles. The number of benzene rings is 1. The van der Waals surface area contributed by atoms with Crippen LogP contribution in [0.4, 0.5) is 0 Å². The van der Waals surface area contributed by atoms with Crippen LogP contribution >= 0.6 is 23.2 Å². The molecule has 0 aromatic heterocycles. The summed E-state index contributed by atoms with van der Waals surface area (Å²) in [5, 5.41) is 8.94. The third-order valence-electron chi connectivity index (χ3n) is 3.36. The Hall–Kier alpha value is -1.24. The summed E-state index contributed by atoms with van der Waals surface area (Å²) in [6, 6.07) is 7.04. The van der Waals surface area contributed by atoms with E-state index in [1.54, 1.807) is 18.2 Å². The molecule has 1 saturated carbocycles. The van der Waals surface area contributed by atoms with Crippen molar-refractivity contribution in [1.82, 2.24) is 0 Å². The second-order valence-electron chi connectivity index (χ2n) is 4.65. The van der Waals surface area contributed by atoms with Gasteiger partial charge in [-0.2, -0.15) is 5.26 Å². The van der Waals surface area contributed by atoms with Gasteiger partial charge in [0.15, 0.2) is 0 Å². The highest BCUT2D eigenvalue weighted by atomic mass is 35.5. The minimum Gasteiger partial charge on any atom is -0.490 e. The number of hydrogen-bond acceptors (Lipinski definition) is 3. The first-order chi connectivity index (χ1) is 9.10. The zero-order valence-corrected chi connectivity index (χ0v) is 11.7. The van der Waals surface area contributed by atoms with Crippen molar-refractivity contribution in [2.45, 2.75) is 31.8 Å². The molecule has 0 atom stereocenters. The number of carbonyl (C=O) groups is 1. The number of carbonyl (C=O) groups excluding carboxylic acids is 1. The van der Waals surface area contributed by atoms with Gasteiger partial charge in [0.1, 0.15) is 11.8 Å². The Kier molecular flexibility index (Phi) is 4.68. The van der Waals surface area contributed by atoms with Gasteiger partial charge in [0, 0.05) is 12.0 Å². The average Bonchev–Trinajstić information content (AvgIpc) is 2.39. The second-order valence-corrected chi connectivity index (χ2v) is 5.43. The highest BCUT2D eigenvalue weighted by Gasteiger charge is 2.26. The van der Waals surface area contributed by atoms with E-state index in [1.807, 2.05) is 6.07 Å². The van der Waals surface area contributed by atoms with Crippen molar-refractivity contribution in [3.8, 4) is 11.8 Å². The molecule has 0 N–H and O–H groups in total. The van der Waals surface area contributed by atoms with Crippen LogP contribution in [-0.4, -0.2) is 11.3 Å². The summed E-state index contributed by atoms with van der Waals surface area (Å²) in [4.78, 5) is 11.1. The van der Waals surface area contributed by atoms with Crippen LogP contribution in [0.3, 0.4) is 0 Å². The van der Waals surface area contributed by atoms with Gasteiger partial charge in [-0.05, 0) is 49.4 Å². The minimum absolute atomic E-state index is 0.0360. The van der Waals surface area contributed by atoms with Gasteiger partial charge in [-0.1, -0.05) is 11.6 Å². The van der Waals surface area contributed by atoms with Gasteiger partial charge < -0.3 is 4.74 Å². The smallest absolute Gasteiger partial charge is 0.224 e. The van der Waals surface area contributed by atoms with E-state index >= 15 is 0 Å². The topological polar surface area (TPSA) is 50.1 Å². The maximum absolute atomic E-state index is 11.1. The predicted octanol–water partition coefficient (Wildman–Crippen LogP) is 3.91. The van der Waals surface area contributed by atoms with E-state index in [9.17, 15) is 4.79 Å². The van der Waals surface area contributed by atoms with Crippen molar-refractivity contribution in [2.24, 2.45) is 5.92 Å². The summed E-state index contributed by atoms with van der Waals surface area (Å²) in [5.74, 6) is 0.621.